The van der Waals surface area contributed by atoms with Crippen molar-refractivity contribution < 1.29 is 9.53 Å². The number of carbonyl (C=O) groups excluding carboxylic acids is 1. The Bertz CT molecular complexity index is 717. The summed E-state index contributed by atoms with van der Waals surface area (Å²) in [7, 11) is 0. The number of amides is 1. The lowest BCUT2D eigenvalue weighted by atomic mass is 10.2. The van der Waals surface area contributed by atoms with Gasteiger partial charge in [0.1, 0.15) is 0 Å². The van der Waals surface area contributed by atoms with Gasteiger partial charge in [0.25, 0.3) is 0 Å². The molecule has 0 aromatic heterocycles. The van der Waals surface area contributed by atoms with Crippen LogP contribution in [0.2, 0.25) is 5.02 Å². The smallest absolute Gasteiger partial charge is 0.226 e. The molecule has 0 saturated carbocycles. The highest BCUT2D eigenvalue weighted by Gasteiger charge is 2.15. The lowest BCUT2D eigenvalue weighted by molar-refractivity contribution is -0.115. The molecule has 1 aliphatic rings. The Morgan fingerprint density at radius 1 is 1.12 bits per heavy atom. The van der Waals surface area contributed by atoms with Gasteiger partial charge in [-0.1, -0.05) is 29.8 Å². The lowest BCUT2D eigenvalue weighted by Gasteiger charge is -2.30. The molecular weight excluding hydrogens is 338 g/mol. The number of anilines is 3. The van der Waals surface area contributed by atoms with Gasteiger partial charge in [0, 0.05) is 36.8 Å². The first-order valence-electron chi connectivity index (χ1n) is 8.43. The van der Waals surface area contributed by atoms with Crippen LogP contribution in [0, 0.1) is 0 Å². The highest BCUT2D eigenvalue weighted by Crippen LogP contribution is 2.26. The molecule has 0 radical (unpaired) electrons. The molecule has 2 aromatic rings. The van der Waals surface area contributed by atoms with Gasteiger partial charge in [-0.15, -0.1) is 0 Å². The van der Waals surface area contributed by atoms with Crippen LogP contribution in [0.5, 0.6) is 0 Å². The molecule has 3 rings (SSSR count). The van der Waals surface area contributed by atoms with Crippen LogP contribution >= 0.6 is 11.6 Å². The zero-order chi connectivity index (χ0) is 17.5. The number of para-hydroxylation sites is 2. The first-order valence-corrected chi connectivity index (χ1v) is 8.81. The van der Waals surface area contributed by atoms with Gasteiger partial charge in [-0.05, 0) is 30.3 Å². The maximum atomic E-state index is 12.3. The number of ether oxygens (including phenoxy) is 1. The average molecular weight is 360 g/mol. The van der Waals surface area contributed by atoms with Gasteiger partial charge in [-0.3, -0.25) is 4.79 Å². The molecule has 1 amide bonds. The van der Waals surface area contributed by atoms with Crippen LogP contribution in [-0.4, -0.2) is 38.8 Å². The van der Waals surface area contributed by atoms with Crippen molar-refractivity contribution in [2.75, 3.05) is 48.4 Å². The van der Waals surface area contributed by atoms with Crippen LogP contribution in [0.25, 0.3) is 0 Å². The van der Waals surface area contributed by atoms with Crippen molar-refractivity contribution in [3.05, 3.63) is 53.6 Å². The van der Waals surface area contributed by atoms with Crippen molar-refractivity contribution in [2.24, 2.45) is 0 Å². The Kier molecular flexibility index (Phi) is 6.14. The van der Waals surface area contributed by atoms with E-state index in [0.717, 1.165) is 30.2 Å². The zero-order valence-corrected chi connectivity index (χ0v) is 14.8. The molecule has 1 saturated heterocycles. The van der Waals surface area contributed by atoms with Gasteiger partial charge >= 0.3 is 0 Å². The van der Waals surface area contributed by atoms with E-state index < -0.39 is 0 Å². The van der Waals surface area contributed by atoms with Crippen molar-refractivity contribution in [2.45, 2.75) is 6.42 Å². The topological polar surface area (TPSA) is 53.6 Å². The van der Waals surface area contributed by atoms with Gasteiger partial charge in [0.05, 0.1) is 24.6 Å². The number of hydrogen-bond donors (Lipinski definition) is 2. The predicted molar refractivity (Wildman–Crippen MR) is 103 cm³/mol. The summed E-state index contributed by atoms with van der Waals surface area (Å²) in [4.78, 5) is 14.5. The van der Waals surface area contributed by atoms with E-state index in [4.69, 9.17) is 16.3 Å². The molecule has 0 aliphatic carbocycles. The fourth-order valence-corrected chi connectivity index (χ4v) is 2.98. The molecule has 5 nitrogen and oxygen atoms in total. The third-order valence-electron chi connectivity index (χ3n) is 4.04. The maximum absolute atomic E-state index is 12.3. The fraction of sp³-hybridized carbons (Fsp3) is 0.316. The average Bonchev–Trinajstić information content (AvgIpc) is 2.63. The number of nitrogens with one attached hydrogen (secondary N) is 2. The number of hydrogen-bond acceptors (Lipinski definition) is 4. The standard InChI is InChI=1S/C19H22ClN3O2/c20-15-4-3-5-16(14-15)21-9-8-19(24)22-17-6-1-2-7-18(17)23-10-12-25-13-11-23/h1-7,14,21H,8-13H2,(H,22,24). The van der Waals surface area contributed by atoms with E-state index in [1.807, 2.05) is 48.5 Å². The van der Waals surface area contributed by atoms with E-state index in [9.17, 15) is 4.79 Å². The second-order valence-electron chi connectivity index (χ2n) is 5.85. The monoisotopic (exact) mass is 359 g/mol. The number of morpholine rings is 1. The first kappa shape index (κ1) is 17.6. The summed E-state index contributed by atoms with van der Waals surface area (Å²) < 4.78 is 5.40. The molecule has 2 aromatic carbocycles. The van der Waals surface area contributed by atoms with Crippen molar-refractivity contribution in [3.63, 3.8) is 0 Å². The summed E-state index contributed by atoms with van der Waals surface area (Å²) in [5, 5.41) is 6.90. The number of nitrogens with zero attached hydrogens (tertiary/aromatic N) is 1. The number of rotatable bonds is 6. The predicted octanol–water partition coefficient (Wildman–Crippen LogP) is 3.62. The normalized spacial score (nSPS) is 14.2. The van der Waals surface area contributed by atoms with Crippen LogP contribution in [0.1, 0.15) is 6.42 Å². The van der Waals surface area contributed by atoms with E-state index in [1.165, 1.54) is 0 Å². The van der Waals surface area contributed by atoms with Gasteiger partial charge in [-0.25, -0.2) is 0 Å². The number of benzene rings is 2. The van der Waals surface area contributed by atoms with Gasteiger partial charge in [-0.2, -0.15) is 0 Å². The molecule has 6 heteroatoms. The Balaban J connectivity index is 1.54. The van der Waals surface area contributed by atoms with Crippen molar-refractivity contribution in [1.29, 1.82) is 0 Å². The molecule has 1 fully saturated rings. The van der Waals surface area contributed by atoms with E-state index >= 15 is 0 Å². The SMILES string of the molecule is O=C(CCNc1cccc(Cl)c1)Nc1ccccc1N1CCOCC1. The summed E-state index contributed by atoms with van der Waals surface area (Å²) in [6, 6.07) is 15.4. The summed E-state index contributed by atoms with van der Waals surface area (Å²) in [5.74, 6) is -0.0183. The molecule has 25 heavy (non-hydrogen) atoms. The Hall–Kier alpha value is -2.24. The summed E-state index contributed by atoms with van der Waals surface area (Å²) >= 11 is 5.95. The first-order chi connectivity index (χ1) is 12.2. The van der Waals surface area contributed by atoms with Crippen LogP contribution < -0.4 is 15.5 Å². The van der Waals surface area contributed by atoms with Crippen molar-refractivity contribution in [3.8, 4) is 0 Å². The zero-order valence-electron chi connectivity index (χ0n) is 14.0. The highest BCUT2D eigenvalue weighted by molar-refractivity contribution is 6.30. The highest BCUT2D eigenvalue weighted by atomic mass is 35.5. The van der Waals surface area contributed by atoms with E-state index in [0.29, 0.717) is 31.2 Å². The summed E-state index contributed by atoms with van der Waals surface area (Å²) in [5.41, 5.74) is 2.80. The third kappa shape index (κ3) is 5.11. The van der Waals surface area contributed by atoms with Gasteiger partial charge in [0.15, 0.2) is 0 Å². The third-order valence-corrected chi connectivity index (χ3v) is 4.27. The minimum Gasteiger partial charge on any atom is -0.384 e. The summed E-state index contributed by atoms with van der Waals surface area (Å²) in [6.07, 6.45) is 0.379. The second kappa shape index (κ2) is 8.74. The molecule has 1 aliphatic heterocycles. The quantitative estimate of drug-likeness (QED) is 0.827. The van der Waals surface area contributed by atoms with E-state index in [-0.39, 0.29) is 5.91 Å². The number of halogens is 1. The Morgan fingerprint density at radius 2 is 1.92 bits per heavy atom. The fourth-order valence-electron chi connectivity index (χ4n) is 2.79. The van der Waals surface area contributed by atoms with Crippen LogP contribution in [0.4, 0.5) is 17.1 Å². The lowest BCUT2D eigenvalue weighted by Crippen LogP contribution is -2.36. The molecule has 0 bridgehead atoms. The molecular formula is C19H22ClN3O2. The van der Waals surface area contributed by atoms with E-state index in [2.05, 4.69) is 15.5 Å². The van der Waals surface area contributed by atoms with Crippen LogP contribution in [0.15, 0.2) is 48.5 Å². The summed E-state index contributed by atoms with van der Waals surface area (Å²) in [6.45, 7) is 3.65. The van der Waals surface area contributed by atoms with Gasteiger partial charge < -0.3 is 20.3 Å². The second-order valence-corrected chi connectivity index (χ2v) is 6.29. The molecule has 0 atom stereocenters. The Morgan fingerprint density at radius 3 is 2.72 bits per heavy atom. The number of carbonyl (C=O) groups is 1. The van der Waals surface area contributed by atoms with Crippen molar-refractivity contribution >= 4 is 34.6 Å². The van der Waals surface area contributed by atoms with Gasteiger partial charge in [0.2, 0.25) is 5.91 Å². The minimum atomic E-state index is -0.0183. The maximum Gasteiger partial charge on any atom is 0.226 e. The molecule has 2 N–H and O–H groups in total. The minimum absolute atomic E-state index is 0.0183. The molecule has 132 valence electrons. The molecule has 0 unspecified atom stereocenters. The van der Waals surface area contributed by atoms with Crippen molar-refractivity contribution in [1.82, 2.24) is 0 Å². The largest absolute Gasteiger partial charge is 0.384 e. The van der Waals surface area contributed by atoms with E-state index in [1.54, 1.807) is 0 Å². The van der Waals surface area contributed by atoms with Crippen LogP contribution in [-0.2, 0) is 9.53 Å². The molecule has 0 spiro atoms. The Labute approximate surface area is 152 Å². The molecule has 1 heterocycles. The van der Waals surface area contributed by atoms with Crippen LogP contribution in [0.3, 0.4) is 0 Å².